The fourth-order valence-corrected chi connectivity index (χ4v) is 3.91. The highest BCUT2D eigenvalue weighted by Gasteiger charge is 2.22. The molecule has 0 aliphatic carbocycles. The summed E-state index contributed by atoms with van der Waals surface area (Å²) in [5, 5.41) is 18.2. The molecule has 1 amide bonds. The number of hydrogen-bond acceptors (Lipinski definition) is 6. The Kier molecular flexibility index (Phi) is 7.86. The highest BCUT2D eigenvalue weighted by molar-refractivity contribution is 6.45. The molecule has 0 radical (unpaired) electrons. The smallest absolute Gasteiger partial charge is 0.270 e. The molecule has 0 unspecified atom stereocenters. The predicted molar refractivity (Wildman–Crippen MR) is 119 cm³/mol. The molecule has 7 heteroatoms. The van der Waals surface area contributed by atoms with E-state index in [2.05, 4.69) is 34.7 Å². The first-order valence-corrected chi connectivity index (χ1v) is 11.1. The Morgan fingerprint density at radius 2 is 1.90 bits per heavy atom. The summed E-state index contributed by atoms with van der Waals surface area (Å²) in [7, 11) is 0. The van der Waals surface area contributed by atoms with E-state index < -0.39 is 0 Å². The summed E-state index contributed by atoms with van der Waals surface area (Å²) in [4.78, 5) is 19.9. The van der Waals surface area contributed by atoms with Crippen LogP contribution in [0, 0.1) is 11.3 Å². The molecule has 4 N–H and O–H groups in total. The van der Waals surface area contributed by atoms with Crippen molar-refractivity contribution in [3.8, 4) is 0 Å². The minimum absolute atomic E-state index is 0.00953. The first-order chi connectivity index (χ1) is 14.0. The molecule has 1 aromatic heterocycles. The van der Waals surface area contributed by atoms with Crippen molar-refractivity contribution in [2.24, 2.45) is 5.92 Å². The summed E-state index contributed by atoms with van der Waals surface area (Å²) in [6.45, 7) is 8.89. The fraction of sp³-hybridized carbons (Fsp3) is 0.682. The van der Waals surface area contributed by atoms with Gasteiger partial charge in [-0.15, -0.1) is 0 Å². The van der Waals surface area contributed by atoms with Gasteiger partial charge in [-0.25, -0.2) is 4.98 Å². The second kappa shape index (κ2) is 10.6. The van der Waals surface area contributed by atoms with E-state index in [4.69, 9.17) is 10.4 Å². The van der Waals surface area contributed by atoms with Crippen LogP contribution in [0.2, 0.25) is 0 Å². The van der Waals surface area contributed by atoms with Gasteiger partial charge in [-0.1, -0.05) is 26.7 Å². The molecule has 2 aliphatic heterocycles. The van der Waals surface area contributed by atoms with Gasteiger partial charge in [0.25, 0.3) is 5.91 Å². The van der Waals surface area contributed by atoms with Crippen molar-refractivity contribution in [1.29, 1.82) is 5.41 Å². The second-order valence-corrected chi connectivity index (χ2v) is 8.61. The van der Waals surface area contributed by atoms with E-state index >= 15 is 0 Å². The molecule has 160 valence electrons. The van der Waals surface area contributed by atoms with Crippen molar-refractivity contribution >= 4 is 23.3 Å². The normalized spacial score (nSPS) is 18.4. The summed E-state index contributed by atoms with van der Waals surface area (Å²) in [5.74, 6) is 1.72. The van der Waals surface area contributed by atoms with E-state index in [1.807, 2.05) is 12.1 Å². The maximum Gasteiger partial charge on any atom is 0.270 e. The van der Waals surface area contributed by atoms with E-state index in [9.17, 15) is 4.79 Å². The van der Waals surface area contributed by atoms with Gasteiger partial charge >= 0.3 is 0 Å². The topological polar surface area (TPSA) is 93.1 Å². The van der Waals surface area contributed by atoms with Gasteiger partial charge < -0.3 is 20.9 Å². The minimum atomic E-state index is -0.311. The number of pyridine rings is 1. The number of nitrogens with one attached hydrogen (secondary N) is 4. The average molecular weight is 401 g/mol. The molecule has 1 aromatic rings. The van der Waals surface area contributed by atoms with Crippen molar-refractivity contribution in [1.82, 2.24) is 15.6 Å². The number of carbonyl (C=O) groups excluding carboxylic acids is 1. The summed E-state index contributed by atoms with van der Waals surface area (Å²) in [6.07, 6.45) is 6.73. The van der Waals surface area contributed by atoms with Crippen molar-refractivity contribution in [2.45, 2.75) is 58.4 Å². The Bertz CT molecular complexity index is 691. The SMILES string of the molecule is CC(C)CNc1nc(N2CCCCCC2)ccc1C(=N)C(=O)NC1CCNCC1. The number of amides is 1. The van der Waals surface area contributed by atoms with E-state index in [0.29, 0.717) is 17.3 Å². The van der Waals surface area contributed by atoms with Crippen LogP contribution in [-0.4, -0.2) is 55.4 Å². The minimum Gasteiger partial charge on any atom is -0.369 e. The molecule has 0 atom stereocenters. The lowest BCUT2D eigenvalue weighted by atomic mass is 10.1. The molecule has 2 aliphatic rings. The third kappa shape index (κ3) is 6.16. The van der Waals surface area contributed by atoms with Gasteiger partial charge in [-0.3, -0.25) is 10.2 Å². The highest BCUT2D eigenvalue weighted by atomic mass is 16.1. The van der Waals surface area contributed by atoms with Crippen LogP contribution in [0.15, 0.2) is 12.1 Å². The van der Waals surface area contributed by atoms with Gasteiger partial charge in [-0.2, -0.15) is 0 Å². The molecule has 2 fully saturated rings. The van der Waals surface area contributed by atoms with E-state index in [0.717, 1.165) is 51.4 Å². The van der Waals surface area contributed by atoms with Crippen LogP contribution in [0.1, 0.15) is 57.9 Å². The molecule has 0 bridgehead atoms. The number of piperidine rings is 1. The van der Waals surface area contributed by atoms with E-state index in [-0.39, 0.29) is 17.7 Å². The summed E-state index contributed by atoms with van der Waals surface area (Å²) < 4.78 is 0. The van der Waals surface area contributed by atoms with Crippen LogP contribution in [0.25, 0.3) is 0 Å². The zero-order chi connectivity index (χ0) is 20.6. The Morgan fingerprint density at radius 3 is 2.55 bits per heavy atom. The standard InChI is InChI=1S/C22H36N6O/c1-16(2)15-25-21-18(20(23)22(29)26-17-9-11-24-12-10-17)7-8-19(27-21)28-13-5-3-4-6-14-28/h7-8,16-17,23-24H,3-6,9-15H2,1-2H3,(H,25,27)(H,26,29). The van der Waals surface area contributed by atoms with Crippen molar-refractivity contribution in [2.75, 3.05) is 42.9 Å². The Balaban J connectivity index is 1.77. The second-order valence-electron chi connectivity index (χ2n) is 8.61. The van der Waals surface area contributed by atoms with Crippen LogP contribution < -0.4 is 20.9 Å². The number of rotatable bonds is 7. The van der Waals surface area contributed by atoms with Crippen LogP contribution in [-0.2, 0) is 4.79 Å². The first kappa shape index (κ1) is 21.6. The molecule has 0 aromatic carbocycles. The molecule has 0 spiro atoms. The van der Waals surface area contributed by atoms with E-state index in [1.165, 1.54) is 25.7 Å². The third-order valence-corrected chi connectivity index (χ3v) is 5.66. The number of aromatic nitrogens is 1. The number of nitrogens with zero attached hydrogens (tertiary/aromatic N) is 2. The first-order valence-electron chi connectivity index (χ1n) is 11.1. The van der Waals surface area contributed by atoms with Crippen molar-refractivity contribution in [3.63, 3.8) is 0 Å². The molecule has 3 rings (SSSR count). The van der Waals surface area contributed by atoms with Gasteiger partial charge in [0.05, 0.1) is 0 Å². The molecule has 2 saturated heterocycles. The van der Waals surface area contributed by atoms with Crippen molar-refractivity contribution in [3.05, 3.63) is 17.7 Å². The summed E-state index contributed by atoms with van der Waals surface area (Å²) >= 11 is 0. The lowest BCUT2D eigenvalue weighted by Crippen LogP contribution is -2.45. The van der Waals surface area contributed by atoms with Gasteiger partial charge in [-0.05, 0) is 56.8 Å². The zero-order valence-electron chi connectivity index (χ0n) is 17.9. The van der Waals surface area contributed by atoms with Crippen LogP contribution in [0.5, 0.6) is 0 Å². The predicted octanol–water partition coefficient (Wildman–Crippen LogP) is 2.77. The van der Waals surface area contributed by atoms with Crippen molar-refractivity contribution < 1.29 is 4.79 Å². The maximum absolute atomic E-state index is 12.7. The maximum atomic E-state index is 12.7. The van der Waals surface area contributed by atoms with Gasteiger partial charge in [0, 0.05) is 31.2 Å². The average Bonchev–Trinajstić information content (AvgIpc) is 3.02. The Labute approximate surface area is 174 Å². The number of carbonyl (C=O) groups is 1. The lowest BCUT2D eigenvalue weighted by Gasteiger charge is -2.25. The zero-order valence-corrected chi connectivity index (χ0v) is 17.9. The van der Waals surface area contributed by atoms with E-state index in [1.54, 1.807) is 0 Å². The Morgan fingerprint density at radius 1 is 1.21 bits per heavy atom. The summed E-state index contributed by atoms with van der Waals surface area (Å²) in [6, 6.07) is 3.99. The molecule has 3 heterocycles. The molecule has 29 heavy (non-hydrogen) atoms. The number of anilines is 2. The highest BCUT2D eigenvalue weighted by Crippen LogP contribution is 2.23. The Hall–Kier alpha value is -2.15. The van der Waals surface area contributed by atoms with Crippen LogP contribution in [0.4, 0.5) is 11.6 Å². The molecule has 7 nitrogen and oxygen atoms in total. The van der Waals surface area contributed by atoms with Gasteiger partial charge in [0.15, 0.2) is 0 Å². The quantitative estimate of drug-likeness (QED) is 0.528. The monoisotopic (exact) mass is 400 g/mol. The summed E-state index contributed by atoms with van der Waals surface area (Å²) in [5.41, 5.74) is 0.570. The number of hydrogen-bond donors (Lipinski definition) is 4. The lowest BCUT2D eigenvalue weighted by molar-refractivity contribution is -0.115. The van der Waals surface area contributed by atoms with Gasteiger partial charge in [0.2, 0.25) is 0 Å². The van der Waals surface area contributed by atoms with Gasteiger partial charge in [0.1, 0.15) is 17.3 Å². The van der Waals surface area contributed by atoms with Crippen LogP contribution >= 0.6 is 0 Å². The largest absolute Gasteiger partial charge is 0.369 e. The molecular formula is C22H36N6O. The third-order valence-electron chi connectivity index (χ3n) is 5.66. The molecular weight excluding hydrogens is 364 g/mol. The van der Waals surface area contributed by atoms with Crippen LogP contribution in [0.3, 0.4) is 0 Å². The fourth-order valence-electron chi connectivity index (χ4n) is 3.91. The molecule has 0 saturated carbocycles.